The molecular formula is C24H26ClN7. The molecule has 4 aromatic rings. The first kappa shape index (κ1) is 20.7. The van der Waals surface area contributed by atoms with Gasteiger partial charge in [-0.1, -0.05) is 48.4 Å². The molecule has 1 aliphatic heterocycles. The first-order valence-electron chi connectivity index (χ1n) is 11.0. The highest BCUT2D eigenvalue weighted by atomic mass is 35.5. The van der Waals surface area contributed by atoms with Crippen LogP contribution in [-0.2, 0) is 0 Å². The molecule has 3 N–H and O–H groups in total. The Morgan fingerprint density at radius 1 is 0.969 bits per heavy atom. The number of rotatable bonds is 6. The number of nitrogens with zero attached hydrogens (tertiary/aromatic N) is 5. The third-order valence-electron chi connectivity index (χ3n) is 5.83. The minimum atomic E-state index is 0.501. The molecule has 0 unspecified atom stereocenters. The van der Waals surface area contributed by atoms with E-state index < -0.39 is 0 Å². The van der Waals surface area contributed by atoms with E-state index in [1.165, 1.54) is 19.3 Å². The van der Waals surface area contributed by atoms with Gasteiger partial charge in [0.15, 0.2) is 5.65 Å². The van der Waals surface area contributed by atoms with E-state index in [1.54, 1.807) is 4.68 Å². The maximum atomic E-state index is 6.56. The van der Waals surface area contributed by atoms with Crippen LogP contribution in [0.4, 0.5) is 11.8 Å². The van der Waals surface area contributed by atoms with Crippen molar-refractivity contribution in [2.24, 2.45) is 0 Å². The van der Waals surface area contributed by atoms with Crippen molar-refractivity contribution in [3.8, 4) is 16.9 Å². The first-order chi connectivity index (χ1) is 15.7. The van der Waals surface area contributed by atoms with Crippen LogP contribution in [0, 0.1) is 0 Å². The Kier molecular flexibility index (Phi) is 5.92. The number of nitrogens with one attached hydrogen (secondary N) is 1. The fourth-order valence-electron chi connectivity index (χ4n) is 4.21. The van der Waals surface area contributed by atoms with Crippen molar-refractivity contribution in [3.05, 3.63) is 59.6 Å². The summed E-state index contributed by atoms with van der Waals surface area (Å²) in [5.74, 6) is 1.04. The molecule has 32 heavy (non-hydrogen) atoms. The summed E-state index contributed by atoms with van der Waals surface area (Å²) in [6.07, 6.45) is 3.88. The number of nitrogens with two attached hydrogens (primary N) is 1. The smallest absolute Gasteiger partial charge is 0.225 e. The number of para-hydroxylation sites is 1. The lowest BCUT2D eigenvalue weighted by Gasteiger charge is -2.26. The van der Waals surface area contributed by atoms with Gasteiger partial charge < -0.3 is 16.0 Å². The third-order valence-corrected chi connectivity index (χ3v) is 6.06. The number of piperidine rings is 1. The van der Waals surface area contributed by atoms with Crippen molar-refractivity contribution < 1.29 is 0 Å². The monoisotopic (exact) mass is 447 g/mol. The van der Waals surface area contributed by atoms with Crippen LogP contribution in [-0.4, -0.2) is 50.8 Å². The predicted octanol–water partition coefficient (Wildman–Crippen LogP) is 4.62. The molecule has 5 rings (SSSR count). The van der Waals surface area contributed by atoms with Crippen molar-refractivity contribution in [1.29, 1.82) is 0 Å². The third kappa shape index (κ3) is 4.26. The standard InChI is InChI=1S/C24H26ClN7/c25-18-9-7-8-17(16-18)21-20-22(26)32(19-10-3-1-4-11-19)30-23(20)29-24(28-21)27-12-15-31-13-5-2-6-14-31/h1,3-4,7-11,16H,2,5-6,12-15,26H2,(H,27,29,30). The van der Waals surface area contributed by atoms with Gasteiger partial charge in [0, 0.05) is 23.7 Å². The Labute approximate surface area is 192 Å². The normalized spacial score (nSPS) is 14.7. The number of hydrogen-bond acceptors (Lipinski definition) is 6. The number of anilines is 2. The highest BCUT2D eigenvalue weighted by Crippen LogP contribution is 2.33. The van der Waals surface area contributed by atoms with Crippen LogP contribution >= 0.6 is 11.6 Å². The molecule has 164 valence electrons. The van der Waals surface area contributed by atoms with Crippen molar-refractivity contribution >= 4 is 34.4 Å². The van der Waals surface area contributed by atoms with Gasteiger partial charge in [0.05, 0.1) is 16.8 Å². The van der Waals surface area contributed by atoms with Gasteiger partial charge in [-0.15, -0.1) is 5.10 Å². The van der Waals surface area contributed by atoms with Gasteiger partial charge in [-0.05, 0) is 50.2 Å². The van der Waals surface area contributed by atoms with E-state index in [-0.39, 0.29) is 0 Å². The number of benzene rings is 2. The largest absolute Gasteiger partial charge is 0.383 e. The van der Waals surface area contributed by atoms with E-state index >= 15 is 0 Å². The summed E-state index contributed by atoms with van der Waals surface area (Å²) in [5.41, 5.74) is 9.58. The zero-order valence-electron chi connectivity index (χ0n) is 17.8. The van der Waals surface area contributed by atoms with Crippen LogP contribution in [0.15, 0.2) is 54.6 Å². The minimum absolute atomic E-state index is 0.501. The first-order valence-corrected chi connectivity index (χ1v) is 11.4. The lowest BCUT2D eigenvalue weighted by atomic mass is 10.1. The Hall–Kier alpha value is -3.16. The van der Waals surface area contributed by atoms with Crippen LogP contribution in [0.25, 0.3) is 28.0 Å². The molecule has 2 aromatic carbocycles. The van der Waals surface area contributed by atoms with E-state index in [1.807, 2.05) is 54.6 Å². The SMILES string of the molecule is Nc1c2c(-c3cccc(Cl)c3)nc(NCCN3CCCCC3)nc2nn1-c1ccccc1. The molecule has 0 radical (unpaired) electrons. The number of halogens is 1. The van der Waals surface area contributed by atoms with Gasteiger partial charge in [-0.25, -0.2) is 9.67 Å². The number of fused-ring (bicyclic) bond motifs is 1. The molecule has 1 fully saturated rings. The summed E-state index contributed by atoms with van der Waals surface area (Å²) in [6.45, 7) is 4.06. The summed E-state index contributed by atoms with van der Waals surface area (Å²) in [6, 6.07) is 17.4. The zero-order chi connectivity index (χ0) is 21.9. The maximum absolute atomic E-state index is 6.56. The van der Waals surface area contributed by atoms with Crippen LogP contribution in [0.3, 0.4) is 0 Å². The minimum Gasteiger partial charge on any atom is -0.383 e. The topological polar surface area (TPSA) is 84.9 Å². The molecule has 0 spiro atoms. The number of likely N-dealkylation sites (tertiary alicyclic amines) is 1. The lowest BCUT2D eigenvalue weighted by molar-refractivity contribution is 0.237. The fraction of sp³-hybridized carbons (Fsp3) is 0.292. The molecule has 2 aromatic heterocycles. The average molecular weight is 448 g/mol. The molecule has 0 saturated carbocycles. The summed E-state index contributed by atoms with van der Waals surface area (Å²) >= 11 is 6.28. The lowest BCUT2D eigenvalue weighted by Crippen LogP contribution is -2.33. The summed E-state index contributed by atoms with van der Waals surface area (Å²) in [4.78, 5) is 12.0. The Balaban J connectivity index is 1.53. The van der Waals surface area contributed by atoms with Gasteiger partial charge >= 0.3 is 0 Å². The Morgan fingerprint density at radius 2 is 1.78 bits per heavy atom. The average Bonchev–Trinajstić information content (AvgIpc) is 3.16. The number of aromatic nitrogens is 4. The van der Waals surface area contributed by atoms with Crippen molar-refractivity contribution in [2.45, 2.75) is 19.3 Å². The van der Waals surface area contributed by atoms with E-state index in [9.17, 15) is 0 Å². The summed E-state index contributed by atoms with van der Waals surface area (Å²) in [7, 11) is 0. The molecule has 0 atom stereocenters. The van der Waals surface area contributed by atoms with E-state index in [0.29, 0.717) is 22.4 Å². The molecule has 1 saturated heterocycles. The molecule has 0 bridgehead atoms. The molecule has 3 heterocycles. The van der Waals surface area contributed by atoms with Crippen molar-refractivity contribution in [3.63, 3.8) is 0 Å². The summed E-state index contributed by atoms with van der Waals surface area (Å²) in [5, 5.41) is 9.46. The molecule has 8 heteroatoms. The number of nitrogen functional groups attached to an aromatic ring is 1. The van der Waals surface area contributed by atoms with Crippen LogP contribution in [0.5, 0.6) is 0 Å². The van der Waals surface area contributed by atoms with Crippen molar-refractivity contribution in [2.75, 3.05) is 37.2 Å². The highest BCUT2D eigenvalue weighted by molar-refractivity contribution is 6.30. The van der Waals surface area contributed by atoms with Crippen LogP contribution < -0.4 is 11.1 Å². The zero-order valence-corrected chi connectivity index (χ0v) is 18.6. The van der Waals surface area contributed by atoms with E-state index in [0.717, 1.165) is 48.5 Å². The Bertz CT molecular complexity index is 1220. The molecular weight excluding hydrogens is 422 g/mol. The van der Waals surface area contributed by atoms with E-state index in [2.05, 4.69) is 15.2 Å². The second kappa shape index (κ2) is 9.14. The fourth-order valence-corrected chi connectivity index (χ4v) is 4.40. The second-order valence-corrected chi connectivity index (χ2v) is 8.50. The Morgan fingerprint density at radius 3 is 2.56 bits per heavy atom. The molecule has 0 aliphatic carbocycles. The highest BCUT2D eigenvalue weighted by Gasteiger charge is 2.19. The predicted molar refractivity (Wildman–Crippen MR) is 130 cm³/mol. The second-order valence-electron chi connectivity index (χ2n) is 8.07. The van der Waals surface area contributed by atoms with Crippen LogP contribution in [0.1, 0.15) is 19.3 Å². The van der Waals surface area contributed by atoms with Gasteiger partial charge in [0.25, 0.3) is 0 Å². The number of hydrogen-bond donors (Lipinski definition) is 2. The molecule has 7 nitrogen and oxygen atoms in total. The summed E-state index contributed by atoms with van der Waals surface area (Å²) < 4.78 is 1.71. The van der Waals surface area contributed by atoms with Crippen LogP contribution in [0.2, 0.25) is 5.02 Å². The molecule has 0 amide bonds. The van der Waals surface area contributed by atoms with Gasteiger partial charge in [-0.3, -0.25) is 0 Å². The quantitative estimate of drug-likeness (QED) is 0.448. The maximum Gasteiger partial charge on any atom is 0.225 e. The van der Waals surface area contributed by atoms with Gasteiger partial charge in [0.2, 0.25) is 5.95 Å². The molecule has 1 aliphatic rings. The van der Waals surface area contributed by atoms with Gasteiger partial charge in [-0.2, -0.15) is 4.98 Å². The van der Waals surface area contributed by atoms with E-state index in [4.69, 9.17) is 27.4 Å². The van der Waals surface area contributed by atoms with Gasteiger partial charge in [0.1, 0.15) is 5.82 Å². The van der Waals surface area contributed by atoms with Crippen molar-refractivity contribution in [1.82, 2.24) is 24.6 Å².